The lowest BCUT2D eigenvalue weighted by atomic mass is 10.1. The van der Waals surface area contributed by atoms with Crippen molar-refractivity contribution in [1.29, 1.82) is 0 Å². The number of carbonyl (C=O) groups is 2. The number of hydrogen-bond donors (Lipinski definition) is 0. The van der Waals surface area contributed by atoms with Crippen molar-refractivity contribution in [2.24, 2.45) is 0 Å². The molecule has 33 heavy (non-hydrogen) atoms. The zero-order valence-corrected chi connectivity index (χ0v) is 20.1. The van der Waals surface area contributed by atoms with Crippen LogP contribution in [-0.4, -0.2) is 68.9 Å². The van der Waals surface area contributed by atoms with Crippen molar-refractivity contribution in [1.82, 2.24) is 9.21 Å². The number of hydrogen-bond acceptors (Lipinski definition) is 6. The summed E-state index contributed by atoms with van der Waals surface area (Å²) in [7, 11) is -3.90. The van der Waals surface area contributed by atoms with Gasteiger partial charge >= 0.3 is 5.97 Å². The average Bonchev–Trinajstić information content (AvgIpc) is 2.83. The molecule has 1 atom stereocenters. The van der Waals surface area contributed by atoms with Crippen molar-refractivity contribution in [3.63, 3.8) is 0 Å². The number of ether oxygens (including phenoxy) is 2. The van der Waals surface area contributed by atoms with Crippen LogP contribution in [0.25, 0.3) is 0 Å². The first kappa shape index (κ1) is 25.2. The summed E-state index contributed by atoms with van der Waals surface area (Å²) in [6.45, 7) is 5.56. The van der Waals surface area contributed by atoms with Crippen molar-refractivity contribution < 1.29 is 27.5 Å². The van der Waals surface area contributed by atoms with Crippen LogP contribution in [0.5, 0.6) is 0 Å². The van der Waals surface area contributed by atoms with E-state index in [1.54, 1.807) is 49.1 Å². The van der Waals surface area contributed by atoms with E-state index < -0.39 is 22.1 Å². The van der Waals surface area contributed by atoms with Crippen molar-refractivity contribution in [3.8, 4) is 0 Å². The van der Waals surface area contributed by atoms with Crippen molar-refractivity contribution in [3.05, 3.63) is 64.7 Å². The zero-order chi connectivity index (χ0) is 24.0. The molecule has 0 saturated carbocycles. The first-order valence-electron chi connectivity index (χ1n) is 10.7. The third-order valence-electron chi connectivity index (χ3n) is 5.36. The second kappa shape index (κ2) is 11.1. The van der Waals surface area contributed by atoms with Crippen molar-refractivity contribution >= 4 is 33.5 Å². The van der Waals surface area contributed by atoms with Crippen LogP contribution in [0.15, 0.2) is 53.4 Å². The van der Waals surface area contributed by atoms with Gasteiger partial charge in [-0.1, -0.05) is 55.8 Å². The maximum atomic E-state index is 13.2. The van der Waals surface area contributed by atoms with Gasteiger partial charge < -0.3 is 14.4 Å². The van der Waals surface area contributed by atoms with Crippen LogP contribution in [0, 0.1) is 0 Å². The van der Waals surface area contributed by atoms with E-state index in [0.717, 1.165) is 0 Å². The quantitative estimate of drug-likeness (QED) is 0.523. The Morgan fingerprint density at radius 1 is 1.09 bits per heavy atom. The van der Waals surface area contributed by atoms with Crippen LogP contribution in [0.4, 0.5) is 0 Å². The molecule has 2 aromatic carbocycles. The van der Waals surface area contributed by atoms with Gasteiger partial charge in [0.05, 0.1) is 23.8 Å². The fourth-order valence-electron chi connectivity index (χ4n) is 3.54. The fraction of sp³-hybridized carbons (Fsp3) is 0.391. The molecular formula is C23H27ClN2O6S. The molecule has 1 amide bonds. The van der Waals surface area contributed by atoms with Gasteiger partial charge in [0.25, 0.3) is 5.91 Å². The average molecular weight is 495 g/mol. The van der Waals surface area contributed by atoms with E-state index in [4.69, 9.17) is 21.1 Å². The van der Waals surface area contributed by atoms with Crippen molar-refractivity contribution in [2.75, 3.05) is 39.4 Å². The summed E-state index contributed by atoms with van der Waals surface area (Å²) in [4.78, 5) is 27.6. The highest BCUT2D eigenvalue weighted by atomic mass is 35.5. The van der Waals surface area contributed by atoms with E-state index in [9.17, 15) is 18.0 Å². The van der Waals surface area contributed by atoms with Gasteiger partial charge in [0.1, 0.15) is 4.90 Å². The Morgan fingerprint density at radius 3 is 2.33 bits per heavy atom. The van der Waals surface area contributed by atoms with Gasteiger partial charge in [-0.25, -0.2) is 13.2 Å². The summed E-state index contributed by atoms with van der Waals surface area (Å²) in [6, 6.07) is 12.6. The van der Waals surface area contributed by atoms with Gasteiger partial charge in [-0.3, -0.25) is 4.79 Å². The second-order valence-corrected chi connectivity index (χ2v) is 9.68. The van der Waals surface area contributed by atoms with E-state index in [2.05, 4.69) is 0 Å². The number of benzene rings is 2. The number of nitrogens with zero attached hydrogens (tertiary/aromatic N) is 2. The Morgan fingerprint density at radius 2 is 1.73 bits per heavy atom. The molecule has 1 aliphatic rings. The zero-order valence-electron chi connectivity index (χ0n) is 18.6. The molecule has 1 heterocycles. The summed E-state index contributed by atoms with van der Waals surface area (Å²) in [5.74, 6) is -1.18. The highest BCUT2D eigenvalue weighted by Gasteiger charge is 2.32. The maximum Gasteiger partial charge on any atom is 0.339 e. The van der Waals surface area contributed by atoms with Gasteiger partial charge in [-0.15, -0.1) is 0 Å². The highest BCUT2D eigenvalue weighted by Crippen LogP contribution is 2.28. The monoisotopic (exact) mass is 494 g/mol. The maximum absolute atomic E-state index is 13.2. The number of halogens is 1. The molecule has 1 saturated heterocycles. The predicted octanol–water partition coefficient (Wildman–Crippen LogP) is 3.13. The molecule has 178 valence electrons. The first-order chi connectivity index (χ1) is 15.8. The lowest BCUT2D eigenvalue weighted by molar-refractivity contribution is -0.145. The third-order valence-corrected chi connectivity index (χ3v) is 7.90. The molecule has 8 nitrogen and oxygen atoms in total. The molecule has 0 aliphatic carbocycles. The minimum atomic E-state index is -3.90. The van der Waals surface area contributed by atoms with E-state index in [1.165, 1.54) is 22.5 Å². The van der Waals surface area contributed by atoms with Crippen molar-refractivity contribution in [2.45, 2.75) is 24.8 Å². The summed E-state index contributed by atoms with van der Waals surface area (Å²) >= 11 is 6.17. The predicted molar refractivity (Wildman–Crippen MR) is 124 cm³/mol. The van der Waals surface area contributed by atoms with Crippen LogP contribution in [0.3, 0.4) is 0 Å². The summed E-state index contributed by atoms with van der Waals surface area (Å²) in [5, 5.41) is 0.00227. The molecule has 0 spiro atoms. The topological polar surface area (TPSA) is 93.2 Å². The molecule has 3 rings (SSSR count). The molecule has 1 fully saturated rings. The van der Waals surface area contributed by atoms with Gasteiger partial charge in [0.15, 0.2) is 0 Å². The molecule has 10 heteroatoms. The van der Waals surface area contributed by atoms with E-state index in [-0.39, 0.29) is 34.5 Å². The highest BCUT2D eigenvalue weighted by molar-refractivity contribution is 7.89. The Bertz CT molecular complexity index is 1080. The lowest BCUT2D eigenvalue weighted by Crippen LogP contribution is -2.44. The van der Waals surface area contributed by atoms with E-state index in [1.807, 2.05) is 0 Å². The molecule has 0 bridgehead atoms. The SMILES string of the molecule is CCN(CC)S(=O)(=O)c1cc(C(=O)OC(C(=O)N2CCOCC2)c2ccccc2)ccc1Cl. The Hall–Kier alpha value is -2.46. The fourth-order valence-corrected chi connectivity index (χ4v) is 5.50. The van der Waals surface area contributed by atoms with Gasteiger partial charge in [0.2, 0.25) is 16.1 Å². The first-order valence-corrected chi connectivity index (χ1v) is 12.5. The number of morpholine rings is 1. The summed E-state index contributed by atoms with van der Waals surface area (Å²) in [6.07, 6.45) is -1.17. The van der Waals surface area contributed by atoms with Crippen LogP contribution < -0.4 is 0 Å². The van der Waals surface area contributed by atoms with E-state index in [0.29, 0.717) is 31.9 Å². The smallest absolute Gasteiger partial charge is 0.339 e. The Balaban J connectivity index is 1.92. The summed E-state index contributed by atoms with van der Waals surface area (Å²) in [5.41, 5.74) is 0.508. The molecule has 0 N–H and O–H groups in total. The molecule has 2 aromatic rings. The van der Waals surface area contributed by atoms with Gasteiger partial charge in [-0.2, -0.15) is 4.31 Å². The Kier molecular flexibility index (Phi) is 8.47. The van der Waals surface area contributed by atoms with Crippen LogP contribution >= 0.6 is 11.6 Å². The minimum absolute atomic E-state index is 0.00227. The molecule has 0 aromatic heterocycles. The van der Waals surface area contributed by atoms with Crippen LogP contribution in [0.2, 0.25) is 5.02 Å². The van der Waals surface area contributed by atoms with Crippen LogP contribution in [-0.2, 0) is 24.3 Å². The Labute approximate surface area is 199 Å². The summed E-state index contributed by atoms with van der Waals surface area (Å²) < 4.78 is 38.1. The number of amides is 1. The van der Waals surface area contributed by atoms with Gasteiger partial charge in [-0.05, 0) is 18.2 Å². The molecule has 1 aliphatic heterocycles. The number of esters is 1. The second-order valence-electron chi connectivity index (χ2n) is 7.37. The van der Waals surface area contributed by atoms with E-state index >= 15 is 0 Å². The third kappa shape index (κ3) is 5.73. The van der Waals surface area contributed by atoms with Crippen LogP contribution in [0.1, 0.15) is 35.9 Å². The minimum Gasteiger partial charge on any atom is -0.444 e. The number of rotatable bonds is 8. The standard InChI is InChI=1S/C23H27ClN2O6S/c1-3-26(4-2)33(29,30)20-16-18(10-11-19(20)24)23(28)32-21(17-8-6-5-7-9-17)22(27)25-12-14-31-15-13-25/h5-11,16,21H,3-4,12-15H2,1-2H3. The molecule has 0 radical (unpaired) electrons. The largest absolute Gasteiger partial charge is 0.444 e. The molecule has 1 unspecified atom stereocenters. The molecular weight excluding hydrogens is 468 g/mol. The number of sulfonamides is 1. The lowest BCUT2D eigenvalue weighted by Gasteiger charge is -2.30. The normalized spacial score (nSPS) is 15.3. The number of carbonyl (C=O) groups excluding carboxylic acids is 2. The van der Waals surface area contributed by atoms with Gasteiger partial charge in [0, 0.05) is 31.7 Å².